The Balaban J connectivity index is 0.00000308. The van der Waals surface area contributed by atoms with Crippen molar-refractivity contribution >= 4 is 47.0 Å². The summed E-state index contributed by atoms with van der Waals surface area (Å²) in [5.41, 5.74) is 1.82. The van der Waals surface area contributed by atoms with E-state index >= 15 is 0 Å². The van der Waals surface area contributed by atoms with Crippen molar-refractivity contribution in [1.82, 2.24) is 9.80 Å². The maximum Gasteiger partial charge on any atom is 0.410 e. The van der Waals surface area contributed by atoms with Crippen LogP contribution in [0.15, 0.2) is 18.2 Å². The van der Waals surface area contributed by atoms with Gasteiger partial charge in [0.05, 0.1) is 7.11 Å². The molecule has 3 aliphatic carbocycles. The zero-order valence-electron chi connectivity index (χ0n) is 22.3. The first kappa shape index (κ1) is 28.9. The van der Waals surface area contributed by atoms with Crippen LogP contribution in [0.1, 0.15) is 65.0 Å². The highest BCUT2D eigenvalue weighted by Gasteiger charge is 2.77. The van der Waals surface area contributed by atoms with Crippen molar-refractivity contribution in [2.75, 3.05) is 26.8 Å². The molecule has 6 rings (SSSR count). The van der Waals surface area contributed by atoms with Gasteiger partial charge in [-0.05, 0) is 88.0 Å². The van der Waals surface area contributed by atoms with Crippen LogP contribution in [-0.4, -0.2) is 70.3 Å². The second-order valence-electron chi connectivity index (χ2n) is 12.7. The molecule has 0 spiro atoms. The third-order valence-electron chi connectivity index (χ3n) is 9.92. The molecule has 4 bridgehead atoms. The minimum absolute atomic E-state index is 0. The van der Waals surface area contributed by atoms with Crippen molar-refractivity contribution in [1.29, 1.82) is 0 Å². The molecule has 1 aromatic carbocycles. The summed E-state index contributed by atoms with van der Waals surface area (Å²) < 4.78 is 15.4. The van der Waals surface area contributed by atoms with Gasteiger partial charge in [0.1, 0.15) is 18.0 Å². The number of halogens is 3. The van der Waals surface area contributed by atoms with Gasteiger partial charge in [0.2, 0.25) is 3.79 Å². The number of amides is 2. The summed E-state index contributed by atoms with van der Waals surface area (Å²) in [5, 5.41) is 0. The lowest BCUT2D eigenvalue weighted by Gasteiger charge is -2.66. The first-order chi connectivity index (χ1) is 17.8. The molecule has 39 heavy (non-hydrogen) atoms. The van der Waals surface area contributed by atoms with Gasteiger partial charge in [0.25, 0.3) is 0 Å². The van der Waals surface area contributed by atoms with Crippen molar-refractivity contribution in [3.63, 3.8) is 0 Å². The van der Waals surface area contributed by atoms with E-state index in [9.17, 15) is 9.59 Å². The smallest absolute Gasteiger partial charge is 0.410 e. The Bertz CT molecular complexity index is 1170. The third kappa shape index (κ3) is 4.28. The van der Waals surface area contributed by atoms with Crippen LogP contribution >= 0.6 is 34.8 Å². The molecule has 6 atom stereocenters. The van der Waals surface area contributed by atoms with Crippen molar-refractivity contribution in [2.45, 2.75) is 87.2 Å². The molecule has 4 fully saturated rings. The van der Waals surface area contributed by atoms with E-state index in [2.05, 4.69) is 12.1 Å². The molecule has 2 saturated carbocycles. The SMILES string of the molecule is C.COc1ccc2c(c1)C13CCN(C(=O)OC(C)(C)C)C(C2)C12CCC1C3[C@@H](CN1C(=O)OCC(Cl)(Cl)Cl)C2. The van der Waals surface area contributed by atoms with E-state index in [-0.39, 0.29) is 49.0 Å². The molecule has 5 unspecified atom stereocenters. The van der Waals surface area contributed by atoms with E-state index < -0.39 is 15.5 Å². The van der Waals surface area contributed by atoms with Crippen molar-refractivity contribution < 1.29 is 23.8 Å². The fourth-order valence-electron chi connectivity index (χ4n) is 9.09. The molecule has 5 aliphatic rings. The molecule has 2 amide bonds. The number of rotatable bonds is 2. The summed E-state index contributed by atoms with van der Waals surface area (Å²) in [4.78, 5) is 30.6. The van der Waals surface area contributed by atoms with Crippen LogP contribution in [-0.2, 0) is 21.3 Å². The minimum atomic E-state index is -1.65. The van der Waals surface area contributed by atoms with Gasteiger partial charge in [-0.1, -0.05) is 48.3 Å². The highest BCUT2D eigenvalue weighted by Crippen LogP contribution is 2.75. The largest absolute Gasteiger partial charge is 0.497 e. The molecule has 2 saturated heterocycles. The van der Waals surface area contributed by atoms with E-state index in [4.69, 9.17) is 49.0 Å². The van der Waals surface area contributed by atoms with Crippen LogP contribution in [0.4, 0.5) is 9.59 Å². The molecule has 1 aromatic rings. The molecule has 2 aliphatic heterocycles. The van der Waals surface area contributed by atoms with Crippen LogP contribution in [0, 0.1) is 17.3 Å². The fraction of sp³-hybridized carbons (Fsp3) is 0.724. The Kier molecular flexibility index (Phi) is 7.04. The summed E-state index contributed by atoms with van der Waals surface area (Å²) in [6.07, 6.45) is 3.76. The Morgan fingerprint density at radius 3 is 2.51 bits per heavy atom. The lowest BCUT2D eigenvalue weighted by molar-refractivity contribution is -0.101. The van der Waals surface area contributed by atoms with Crippen molar-refractivity contribution in [3.8, 4) is 5.75 Å². The molecular weight excluding hydrogens is 563 g/mol. The molecule has 10 heteroatoms. The summed E-state index contributed by atoms with van der Waals surface area (Å²) in [5.74, 6) is 1.42. The summed E-state index contributed by atoms with van der Waals surface area (Å²) in [6.45, 7) is 6.73. The van der Waals surface area contributed by atoms with E-state index in [1.807, 2.05) is 36.6 Å². The third-order valence-corrected chi connectivity index (χ3v) is 10.2. The molecule has 0 aromatic heterocycles. The predicted octanol–water partition coefficient (Wildman–Crippen LogP) is 6.74. The number of fused-ring (bicyclic) bond motifs is 1. The van der Waals surface area contributed by atoms with Gasteiger partial charge < -0.3 is 24.0 Å². The molecule has 7 nitrogen and oxygen atoms in total. The number of ether oxygens (including phenoxy) is 3. The monoisotopic (exact) mass is 600 g/mol. The van der Waals surface area contributed by atoms with Gasteiger partial charge in [-0.3, -0.25) is 0 Å². The number of carbonyl (C=O) groups excluding carboxylic acids is 2. The summed E-state index contributed by atoms with van der Waals surface area (Å²) in [7, 11) is 1.70. The van der Waals surface area contributed by atoms with Gasteiger partial charge in [0.15, 0.2) is 0 Å². The Hall–Kier alpha value is -1.57. The van der Waals surface area contributed by atoms with Crippen molar-refractivity contribution in [2.24, 2.45) is 17.3 Å². The average molecular weight is 602 g/mol. The predicted molar refractivity (Wildman–Crippen MR) is 152 cm³/mol. The van der Waals surface area contributed by atoms with Crippen LogP contribution in [0.5, 0.6) is 5.75 Å². The number of alkyl halides is 3. The number of piperidine rings is 1. The number of carbonyl (C=O) groups is 2. The van der Waals surface area contributed by atoms with Crippen LogP contribution in [0.25, 0.3) is 0 Å². The quantitative estimate of drug-likeness (QED) is 0.351. The summed E-state index contributed by atoms with van der Waals surface area (Å²) in [6, 6.07) is 6.50. The highest BCUT2D eigenvalue weighted by molar-refractivity contribution is 6.67. The maximum absolute atomic E-state index is 13.5. The van der Waals surface area contributed by atoms with Crippen LogP contribution in [0.2, 0.25) is 0 Å². The normalized spacial score (nSPS) is 34.0. The number of methoxy groups -OCH3 is 1. The number of hydrogen-bond acceptors (Lipinski definition) is 5. The summed E-state index contributed by atoms with van der Waals surface area (Å²) >= 11 is 17.6. The molecule has 2 heterocycles. The molecule has 0 N–H and O–H groups in total. The van der Waals surface area contributed by atoms with E-state index in [1.54, 1.807) is 7.11 Å². The number of benzene rings is 1. The Labute approximate surface area is 246 Å². The Morgan fingerprint density at radius 1 is 1.10 bits per heavy atom. The second-order valence-corrected chi connectivity index (χ2v) is 15.2. The molecular formula is C29H39Cl3N2O5. The molecule has 216 valence electrons. The lowest BCUT2D eigenvalue weighted by atomic mass is 9.43. The van der Waals surface area contributed by atoms with Gasteiger partial charge in [-0.15, -0.1) is 0 Å². The Morgan fingerprint density at radius 2 is 1.85 bits per heavy atom. The zero-order chi connectivity index (χ0) is 27.3. The van der Waals surface area contributed by atoms with Gasteiger partial charge in [-0.2, -0.15) is 0 Å². The maximum atomic E-state index is 13.5. The topological polar surface area (TPSA) is 68.3 Å². The standard InChI is InChI=1S/C28H35Cl3N2O5.CH4/c1-25(2,3)38-24(35)32-10-9-27-19-12-18(36-4)6-5-16(19)11-21(32)26(27)8-7-20-22(27)17(13-26)14-33(20)23(34)37-15-28(29,30)31;/h5-6,12,17,20-22H,7-11,13-15H2,1-4H3;1H4/t17-,20?,21?,22?,26?,27?;/m1./s1. The van der Waals surface area contributed by atoms with Gasteiger partial charge >= 0.3 is 12.2 Å². The van der Waals surface area contributed by atoms with Crippen LogP contribution in [0.3, 0.4) is 0 Å². The van der Waals surface area contributed by atoms with Crippen LogP contribution < -0.4 is 4.74 Å². The van der Waals surface area contributed by atoms with E-state index in [0.717, 1.165) is 37.9 Å². The first-order valence-corrected chi connectivity index (χ1v) is 14.6. The first-order valence-electron chi connectivity index (χ1n) is 13.5. The number of nitrogens with zero attached hydrogens (tertiary/aromatic N) is 2. The highest BCUT2D eigenvalue weighted by atomic mass is 35.6. The number of likely N-dealkylation sites (tertiary alicyclic amines) is 2. The second kappa shape index (κ2) is 9.49. The van der Waals surface area contributed by atoms with Gasteiger partial charge in [0, 0.05) is 36.0 Å². The van der Waals surface area contributed by atoms with Crippen molar-refractivity contribution in [3.05, 3.63) is 29.3 Å². The van der Waals surface area contributed by atoms with E-state index in [0.29, 0.717) is 19.0 Å². The zero-order valence-corrected chi connectivity index (χ0v) is 24.5. The molecule has 0 radical (unpaired) electrons. The van der Waals surface area contributed by atoms with E-state index in [1.165, 1.54) is 11.1 Å². The minimum Gasteiger partial charge on any atom is -0.497 e. The van der Waals surface area contributed by atoms with Gasteiger partial charge in [-0.25, -0.2) is 9.59 Å². The number of hydrogen-bond donors (Lipinski definition) is 0. The average Bonchev–Trinajstić information content (AvgIpc) is 3.27. The lowest BCUT2D eigenvalue weighted by Crippen LogP contribution is -2.70. The fourth-order valence-corrected chi connectivity index (χ4v) is 9.26.